The first-order valence-electron chi connectivity index (χ1n) is 5.74. The van der Waals surface area contributed by atoms with Crippen molar-refractivity contribution in [1.82, 2.24) is 10.3 Å². The van der Waals surface area contributed by atoms with E-state index in [-0.39, 0.29) is 0 Å². The summed E-state index contributed by atoms with van der Waals surface area (Å²) in [4.78, 5) is 3.94. The van der Waals surface area contributed by atoms with Gasteiger partial charge in [0.25, 0.3) is 0 Å². The van der Waals surface area contributed by atoms with Gasteiger partial charge in [-0.2, -0.15) is 5.26 Å². The fourth-order valence-corrected chi connectivity index (χ4v) is 1.56. The second-order valence-corrected chi connectivity index (χ2v) is 4.35. The number of rotatable bonds is 6. The minimum absolute atomic E-state index is 0.318. The van der Waals surface area contributed by atoms with Crippen LogP contribution < -0.4 is 5.32 Å². The molecular weight excluding hydrogens is 214 g/mol. The van der Waals surface area contributed by atoms with Crippen molar-refractivity contribution in [2.45, 2.75) is 26.4 Å². The van der Waals surface area contributed by atoms with Crippen LogP contribution in [0, 0.1) is 17.2 Å². The third kappa shape index (κ3) is 4.51. The second kappa shape index (κ2) is 7.00. The van der Waals surface area contributed by atoms with Crippen molar-refractivity contribution in [1.29, 1.82) is 5.26 Å². The molecule has 0 fully saturated rings. The van der Waals surface area contributed by atoms with Crippen LogP contribution in [0.1, 0.15) is 25.1 Å². The summed E-state index contributed by atoms with van der Waals surface area (Å²) in [7, 11) is 1.71. The van der Waals surface area contributed by atoms with E-state index in [0.29, 0.717) is 24.3 Å². The molecule has 0 saturated heterocycles. The maximum absolute atomic E-state index is 8.76. The van der Waals surface area contributed by atoms with E-state index in [4.69, 9.17) is 10.00 Å². The highest BCUT2D eigenvalue weighted by Gasteiger charge is 2.12. The van der Waals surface area contributed by atoms with Crippen molar-refractivity contribution in [3.8, 4) is 6.07 Å². The molecule has 1 aromatic rings. The number of hydrogen-bond acceptors (Lipinski definition) is 4. The number of pyridine rings is 1. The highest BCUT2D eigenvalue weighted by molar-refractivity contribution is 5.25. The molecule has 0 spiro atoms. The maximum atomic E-state index is 8.76. The van der Waals surface area contributed by atoms with E-state index in [1.54, 1.807) is 19.4 Å². The van der Waals surface area contributed by atoms with E-state index in [1.165, 1.54) is 0 Å². The summed E-state index contributed by atoms with van der Waals surface area (Å²) < 4.78 is 5.17. The van der Waals surface area contributed by atoms with Crippen LogP contribution in [0.3, 0.4) is 0 Å². The standard InChI is InChI=1S/C13H19N3O/c1-10(2)13(9-17-3)16-8-11-4-5-15-12(6-11)7-14/h4-6,10,13,16H,8-9H2,1-3H3. The molecule has 0 aromatic carbocycles. The summed E-state index contributed by atoms with van der Waals surface area (Å²) >= 11 is 0. The molecule has 1 rings (SSSR count). The molecule has 0 aliphatic rings. The Balaban J connectivity index is 2.56. The van der Waals surface area contributed by atoms with Gasteiger partial charge in [0, 0.05) is 25.9 Å². The molecule has 0 aliphatic carbocycles. The third-order valence-corrected chi connectivity index (χ3v) is 2.66. The van der Waals surface area contributed by atoms with Crippen molar-refractivity contribution >= 4 is 0 Å². The van der Waals surface area contributed by atoms with Crippen LogP contribution in [-0.4, -0.2) is 24.7 Å². The van der Waals surface area contributed by atoms with Crippen LogP contribution in [0.25, 0.3) is 0 Å². The lowest BCUT2D eigenvalue weighted by Crippen LogP contribution is -2.37. The van der Waals surface area contributed by atoms with E-state index >= 15 is 0 Å². The number of aromatic nitrogens is 1. The topological polar surface area (TPSA) is 57.9 Å². The molecule has 4 heteroatoms. The van der Waals surface area contributed by atoms with Crippen LogP contribution in [0.4, 0.5) is 0 Å². The van der Waals surface area contributed by atoms with Crippen LogP contribution in [-0.2, 0) is 11.3 Å². The van der Waals surface area contributed by atoms with Gasteiger partial charge in [0.1, 0.15) is 11.8 Å². The van der Waals surface area contributed by atoms with Gasteiger partial charge in [-0.1, -0.05) is 13.8 Å². The number of ether oxygens (including phenoxy) is 1. The molecule has 1 heterocycles. The molecule has 1 atom stereocenters. The quantitative estimate of drug-likeness (QED) is 0.812. The Morgan fingerprint density at radius 2 is 2.29 bits per heavy atom. The molecule has 0 radical (unpaired) electrons. The zero-order chi connectivity index (χ0) is 12.7. The van der Waals surface area contributed by atoms with Crippen molar-refractivity contribution in [2.24, 2.45) is 5.92 Å². The lowest BCUT2D eigenvalue weighted by atomic mass is 10.1. The predicted molar refractivity (Wildman–Crippen MR) is 66.3 cm³/mol. The van der Waals surface area contributed by atoms with Crippen LogP contribution in [0.2, 0.25) is 0 Å². The zero-order valence-electron chi connectivity index (χ0n) is 10.6. The summed E-state index contributed by atoms with van der Waals surface area (Å²) in [5, 5.41) is 12.2. The molecule has 0 amide bonds. The highest BCUT2D eigenvalue weighted by atomic mass is 16.5. The van der Waals surface area contributed by atoms with E-state index in [0.717, 1.165) is 12.1 Å². The molecule has 1 N–H and O–H groups in total. The Morgan fingerprint density at radius 3 is 2.88 bits per heavy atom. The van der Waals surface area contributed by atoms with Crippen molar-refractivity contribution in [3.63, 3.8) is 0 Å². The Morgan fingerprint density at radius 1 is 1.53 bits per heavy atom. The van der Waals surface area contributed by atoms with Crippen molar-refractivity contribution in [2.75, 3.05) is 13.7 Å². The third-order valence-electron chi connectivity index (χ3n) is 2.66. The van der Waals surface area contributed by atoms with Gasteiger partial charge in [0.2, 0.25) is 0 Å². The average Bonchev–Trinajstić information content (AvgIpc) is 2.34. The lowest BCUT2D eigenvalue weighted by Gasteiger charge is -2.21. The number of methoxy groups -OCH3 is 1. The smallest absolute Gasteiger partial charge is 0.140 e. The molecule has 92 valence electrons. The van der Waals surface area contributed by atoms with Gasteiger partial charge < -0.3 is 10.1 Å². The molecule has 1 aromatic heterocycles. The molecule has 1 unspecified atom stereocenters. The fourth-order valence-electron chi connectivity index (χ4n) is 1.56. The van der Waals surface area contributed by atoms with E-state index in [9.17, 15) is 0 Å². The number of nitrogens with one attached hydrogen (secondary N) is 1. The van der Waals surface area contributed by atoms with Crippen molar-refractivity contribution in [3.05, 3.63) is 29.6 Å². The van der Waals surface area contributed by atoms with E-state index in [2.05, 4.69) is 24.1 Å². The first-order chi connectivity index (χ1) is 8.17. The largest absolute Gasteiger partial charge is 0.383 e. The number of nitriles is 1. The Bertz CT molecular complexity index is 384. The summed E-state index contributed by atoms with van der Waals surface area (Å²) in [6.07, 6.45) is 1.66. The SMILES string of the molecule is COCC(NCc1ccnc(C#N)c1)C(C)C. The van der Waals surface area contributed by atoms with Crippen LogP contribution in [0.5, 0.6) is 0 Å². The van der Waals surface area contributed by atoms with Gasteiger partial charge in [0.15, 0.2) is 0 Å². The number of nitrogens with zero attached hydrogens (tertiary/aromatic N) is 2. The molecule has 0 bridgehead atoms. The summed E-state index contributed by atoms with van der Waals surface area (Å²) in [6, 6.07) is 6.08. The molecule has 17 heavy (non-hydrogen) atoms. The lowest BCUT2D eigenvalue weighted by molar-refractivity contribution is 0.146. The van der Waals surface area contributed by atoms with Gasteiger partial charge >= 0.3 is 0 Å². The molecule has 0 saturated carbocycles. The van der Waals surface area contributed by atoms with Crippen molar-refractivity contribution < 1.29 is 4.74 Å². The monoisotopic (exact) mass is 233 g/mol. The van der Waals surface area contributed by atoms with Gasteiger partial charge in [-0.15, -0.1) is 0 Å². The minimum atomic E-state index is 0.318. The average molecular weight is 233 g/mol. The summed E-state index contributed by atoms with van der Waals surface area (Å²) in [5.74, 6) is 0.507. The Hall–Kier alpha value is -1.44. The predicted octanol–water partition coefficient (Wildman–Crippen LogP) is 1.71. The highest BCUT2D eigenvalue weighted by Crippen LogP contribution is 2.05. The Labute approximate surface area is 103 Å². The van der Waals surface area contributed by atoms with Crippen LogP contribution >= 0.6 is 0 Å². The van der Waals surface area contributed by atoms with Gasteiger partial charge in [-0.05, 0) is 23.6 Å². The van der Waals surface area contributed by atoms with Crippen LogP contribution in [0.15, 0.2) is 18.3 Å². The van der Waals surface area contributed by atoms with E-state index < -0.39 is 0 Å². The minimum Gasteiger partial charge on any atom is -0.383 e. The summed E-state index contributed by atoms with van der Waals surface area (Å²) in [5.41, 5.74) is 1.52. The summed E-state index contributed by atoms with van der Waals surface area (Å²) in [6.45, 7) is 5.73. The fraction of sp³-hybridized carbons (Fsp3) is 0.538. The van der Waals surface area contributed by atoms with Gasteiger partial charge in [-0.25, -0.2) is 4.98 Å². The second-order valence-electron chi connectivity index (χ2n) is 4.35. The maximum Gasteiger partial charge on any atom is 0.140 e. The van der Waals surface area contributed by atoms with Gasteiger partial charge in [0.05, 0.1) is 6.61 Å². The van der Waals surface area contributed by atoms with E-state index in [1.807, 2.05) is 12.1 Å². The van der Waals surface area contributed by atoms with Gasteiger partial charge in [-0.3, -0.25) is 0 Å². The molecular formula is C13H19N3O. The molecule has 0 aliphatic heterocycles. The Kier molecular flexibility index (Phi) is 5.61. The molecule has 4 nitrogen and oxygen atoms in total. The normalized spacial score (nSPS) is 12.4. The first kappa shape index (κ1) is 13.6. The number of hydrogen-bond donors (Lipinski definition) is 1. The first-order valence-corrected chi connectivity index (χ1v) is 5.74. The zero-order valence-corrected chi connectivity index (χ0v) is 10.6.